The summed E-state index contributed by atoms with van der Waals surface area (Å²) >= 11 is 0. The summed E-state index contributed by atoms with van der Waals surface area (Å²) in [4.78, 5) is 14.4. The third kappa shape index (κ3) is 7.17. The van der Waals surface area contributed by atoms with Crippen molar-refractivity contribution >= 4 is 6.03 Å². The minimum absolute atomic E-state index is 0.00117. The van der Waals surface area contributed by atoms with E-state index in [1.165, 1.54) is 0 Å². The summed E-state index contributed by atoms with van der Waals surface area (Å²) in [6.07, 6.45) is 5.25. The molecule has 0 radical (unpaired) electrons. The van der Waals surface area contributed by atoms with Gasteiger partial charge in [-0.25, -0.2) is 13.6 Å². The number of hydrogen-bond acceptors (Lipinski definition) is 4. The molecule has 2 aliphatic rings. The lowest BCUT2D eigenvalue weighted by Gasteiger charge is -2.51. The van der Waals surface area contributed by atoms with E-state index in [1.54, 1.807) is 12.0 Å². The topological polar surface area (TPSA) is 87.8 Å². The molecular weight excluding hydrogens is 464 g/mol. The zero-order valence-corrected chi connectivity index (χ0v) is 21.9. The maximum atomic E-state index is 13.8. The molecule has 4 atom stereocenters. The van der Waals surface area contributed by atoms with E-state index >= 15 is 0 Å². The molecular formula is C28H45F2N3O3. The number of hydrogen-bond donors (Lipinski definition) is 3. The van der Waals surface area contributed by atoms with Crippen LogP contribution in [0.4, 0.5) is 13.6 Å². The molecule has 1 aliphatic heterocycles. The Labute approximate surface area is 214 Å². The number of methoxy groups -OCH3 is 1. The maximum Gasteiger partial charge on any atom is 0.315 e. The predicted octanol–water partition coefficient (Wildman–Crippen LogP) is 4.90. The normalized spacial score (nSPS) is 25.3. The number of carbonyl (C=O) groups excluding carboxylic acids is 1. The van der Waals surface area contributed by atoms with Gasteiger partial charge in [-0.05, 0) is 82.4 Å². The number of primary amides is 1. The van der Waals surface area contributed by atoms with Gasteiger partial charge in [-0.3, -0.25) is 0 Å². The van der Waals surface area contributed by atoms with Crippen LogP contribution in [0.1, 0.15) is 69.8 Å². The van der Waals surface area contributed by atoms with Crippen molar-refractivity contribution in [2.45, 2.75) is 81.8 Å². The second-order valence-corrected chi connectivity index (χ2v) is 10.9. The summed E-state index contributed by atoms with van der Waals surface area (Å²) in [7, 11) is 3.55. The van der Waals surface area contributed by atoms with Crippen molar-refractivity contribution < 1.29 is 23.4 Å². The van der Waals surface area contributed by atoms with E-state index in [4.69, 9.17) is 10.5 Å². The zero-order chi connectivity index (χ0) is 26.2. The van der Waals surface area contributed by atoms with Gasteiger partial charge in [0.05, 0.1) is 5.60 Å². The number of benzene rings is 1. The highest BCUT2D eigenvalue weighted by molar-refractivity contribution is 5.72. The van der Waals surface area contributed by atoms with E-state index in [2.05, 4.69) is 5.32 Å². The number of carbonyl (C=O) groups is 1. The Balaban J connectivity index is 1.95. The molecule has 1 heterocycles. The number of amides is 2. The molecule has 36 heavy (non-hydrogen) atoms. The molecule has 1 aromatic rings. The molecule has 0 aromatic heterocycles. The molecule has 1 saturated heterocycles. The van der Waals surface area contributed by atoms with Crippen LogP contribution in [-0.4, -0.2) is 61.9 Å². The van der Waals surface area contributed by atoms with E-state index in [9.17, 15) is 18.7 Å². The number of urea groups is 1. The first-order valence-corrected chi connectivity index (χ1v) is 13.6. The van der Waals surface area contributed by atoms with Crippen molar-refractivity contribution in [2.75, 3.05) is 33.9 Å². The van der Waals surface area contributed by atoms with Crippen LogP contribution >= 0.6 is 0 Å². The fourth-order valence-corrected chi connectivity index (χ4v) is 6.66. The van der Waals surface area contributed by atoms with Crippen molar-refractivity contribution in [3.05, 3.63) is 35.9 Å². The third-order valence-corrected chi connectivity index (χ3v) is 8.43. The van der Waals surface area contributed by atoms with Gasteiger partial charge in [0, 0.05) is 45.1 Å². The first-order valence-electron chi connectivity index (χ1n) is 13.6. The van der Waals surface area contributed by atoms with Gasteiger partial charge in [-0.2, -0.15) is 0 Å². The highest BCUT2D eigenvalue weighted by atomic mass is 19.3. The lowest BCUT2D eigenvalue weighted by Crippen LogP contribution is -2.60. The smallest absolute Gasteiger partial charge is 0.315 e. The van der Waals surface area contributed by atoms with Crippen LogP contribution in [0.3, 0.4) is 0 Å². The van der Waals surface area contributed by atoms with Crippen LogP contribution in [0.5, 0.6) is 0 Å². The highest BCUT2D eigenvalue weighted by Gasteiger charge is 2.50. The summed E-state index contributed by atoms with van der Waals surface area (Å²) in [5.74, 6) is -2.62. The van der Waals surface area contributed by atoms with Crippen molar-refractivity contribution in [1.29, 1.82) is 0 Å². The summed E-state index contributed by atoms with van der Waals surface area (Å²) in [6.45, 7) is 1.81. The summed E-state index contributed by atoms with van der Waals surface area (Å²) < 4.78 is 32.9. The number of nitrogens with one attached hydrogen (secondary N) is 1. The fraction of sp³-hybridized carbons (Fsp3) is 0.750. The van der Waals surface area contributed by atoms with Crippen LogP contribution < -0.4 is 11.1 Å². The van der Waals surface area contributed by atoms with Crippen molar-refractivity contribution in [3.63, 3.8) is 0 Å². The van der Waals surface area contributed by atoms with Gasteiger partial charge >= 0.3 is 6.03 Å². The standard InChI is InChI=1S/C28H45F2N3O3/c1-32-20-22(19-21-12-15-27(29,30)16-13-21)25-24(11-8-17-33(25)26(31)34)28(35,14-6-7-18-36-2)23-9-4-3-5-10-23/h3-5,9-10,21-22,24-25,32,35H,6-8,11-20H2,1-2H3,(H2,31,34)/t22-,24?,25?,28+/m0/s1. The van der Waals surface area contributed by atoms with Crippen molar-refractivity contribution in [3.8, 4) is 0 Å². The molecule has 4 N–H and O–H groups in total. The SMILES string of the molecule is CNC[C@H](CC1CCC(F)(F)CC1)C1C([C@@](O)(CCCCOC)c2ccccc2)CCCN1C(N)=O. The molecule has 1 aliphatic carbocycles. The van der Waals surface area contributed by atoms with Crippen molar-refractivity contribution in [2.24, 2.45) is 23.5 Å². The predicted molar refractivity (Wildman–Crippen MR) is 138 cm³/mol. The van der Waals surface area contributed by atoms with E-state index in [0.717, 1.165) is 37.7 Å². The molecule has 2 unspecified atom stereocenters. The second kappa shape index (κ2) is 13.2. The number of aliphatic hydroxyl groups is 1. The van der Waals surface area contributed by atoms with Crippen LogP contribution in [0.25, 0.3) is 0 Å². The Bertz CT molecular complexity index is 802. The molecule has 3 rings (SSSR count). The molecule has 0 bridgehead atoms. The van der Waals surface area contributed by atoms with Crippen molar-refractivity contribution in [1.82, 2.24) is 10.2 Å². The Morgan fingerprint density at radius 3 is 2.56 bits per heavy atom. The number of halogens is 2. The molecule has 204 valence electrons. The Hall–Kier alpha value is -1.77. The number of unbranched alkanes of at least 4 members (excludes halogenated alkanes) is 1. The highest BCUT2D eigenvalue weighted by Crippen LogP contribution is 2.47. The van der Waals surface area contributed by atoms with Gasteiger partial charge in [0.15, 0.2) is 0 Å². The number of nitrogens with zero attached hydrogens (tertiary/aromatic N) is 1. The molecule has 0 spiro atoms. The van der Waals surface area contributed by atoms with Gasteiger partial charge in [0.2, 0.25) is 5.92 Å². The minimum atomic E-state index is -2.57. The zero-order valence-electron chi connectivity index (χ0n) is 21.9. The number of piperidine rings is 1. The quantitative estimate of drug-likeness (QED) is 0.350. The Morgan fingerprint density at radius 2 is 1.94 bits per heavy atom. The molecule has 2 fully saturated rings. The fourth-order valence-electron chi connectivity index (χ4n) is 6.66. The summed E-state index contributed by atoms with van der Waals surface area (Å²) in [6, 6.07) is 8.99. The summed E-state index contributed by atoms with van der Waals surface area (Å²) in [5.41, 5.74) is 5.63. The molecule has 8 heteroatoms. The lowest BCUT2D eigenvalue weighted by molar-refractivity contribution is -0.0954. The number of alkyl halides is 2. The van der Waals surface area contributed by atoms with Gasteiger partial charge in [0.1, 0.15) is 0 Å². The molecule has 2 amide bonds. The van der Waals surface area contributed by atoms with Gasteiger partial charge < -0.3 is 25.8 Å². The van der Waals surface area contributed by atoms with Gasteiger partial charge in [0.25, 0.3) is 0 Å². The van der Waals surface area contributed by atoms with Gasteiger partial charge in [-0.1, -0.05) is 30.3 Å². The summed E-state index contributed by atoms with van der Waals surface area (Å²) in [5, 5.41) is 15.7. The number of likely N-dealkylation sites (tertiary alicyclic amines) is 1. The van der Waals surface area contributed by atoms with Gasteiger partial charge in [-0.15, -0.1) is 0 Å². The number of ether oxygens (including phenoxy) is 1. The monoisotopic (exact) mass is 509 g/mol. The Morgan fingerprint density at radius 1 is 1.25 bits per heavy atom. The maximum absolute atomic E-state index is 13.8. The average molecular weight is 510 g/mol. The first kappa shape index (κ1) is 28.8. The number of rotatable bonds is 12. The largest absolute Gasteiger partial charge is 0.385 e. The van der Waals surface area contributed by atoms with Crippen LogP contribution in [0, 0.1) is 17.8 Å². The van der Waals surface area contributed by atoms with Crippen LogP contribution in [0.2, 0.25) is 0 Å². The average Bonchev–Trinajstić information content (AvgIpc) is 2.87. The number of nitrogens with two attached hydrogens (primary N) is 1. The van der Waals surface area contributed by atoms with Crippen LogP contribution in [-0.2, 0) is 10.3 Å². The Kier molecular flexibility index (Phi) is 10.5. The third-order valence-electron chi connectivity index (χ3n) is 8.43. The second-order valence-electron chi connectivity index (χ2n) is 10.9. The van der Waals surface area contributed by atoms with E-state index in [1.807, 2.05) is 37.4 Å². The lowest BCUT2D eigenvalue weighted by atomic mass is 9.65. The van der Waals surface area contributed by atoms with Crippen LogP contribution in [0.15, 0.2) is 30.3 Å². The van der Waals surface area contributed by atoms with E-state index in [0.29, 0.717) is 39.0 Å². The molecule has 6 nitrogen and oxygen atoms in total. The molecule has 1 aromatic carbocycles. The van der Waals surface area contributed by atoms with E-state index < -0.39 is 17.6 Å². The molecule has 1 saturated carbocycles. The van der Waals surface area contributed by atoms with E-state index in [-0.39, 0.29) is 36.6 Å². The first-order chi connectivity index (χ1) is 17.2. The minimum Gasteiger partial charge on any atom is -0.385 e.